The van der Waals surface area contributed by atoms with Gasteiger partial charge in [-0.25, -0.2) is 0 Å². The molecule has 0 amide bonds. The van der Waals surface area contributed by atoms with Crippen molar-refractivity contribution in [3.05, 3.63) is 34.9 Å². The lowest BCUT2D eigenvalue weighted by Gasteiger charge is -2.15. The van der Waals surface area contributed by atoms with Crippen LogP contribution in [0.4, 0.5) is 0 Å². The molecular weight excluding hydrogens is 236 g/mol. The lowest BCUT2D eigenvalue weighted by molar-refractivity contribution is 0.140. The van der Waals surface area contributed by atoms with E-state index >= 15 is 0 Å². The SMILES string of the molecule is CCOCCCC(Cc1ccc(Cl)cc1)NN. The molecule has 4 heteroatoms. The summed E-state index contributed by atoms with van der Waals surface area (Å²) >= 11 is 5.84. The number of nitrogens with two attached hydrogens (primary N) is 1. The van der Waals surface area contributed by atoms with Gasteiger partial charge >= 0.3 is 0 Å². The van der Waals surface area contributed by atoms with E-state index in [1.54, 1.807) is 0 Å². The van der Waals surface area contributed by atoms with Crippen LogP contribution in [0.5, 0.6) is 0 Å². The molecule has 1 unspecified atom stereocenters. The van der Waals surface area contributed by atoms with Gasteiger partial charge < -0.3 is 4.74 Å². The Morgan fingerprint density at radius 3 is 2.65 bits per heavy atom. The molecule has 1 aromatic carbocycles. The Labute approximate surface area is 108 Å². The minimum Gasteiger partial charge on any atom is -0.382 e. The van der Waals surface area contributed by atoms with Crippen LogP contribution in [0.15, 0.2) is 24.3 Å². The van der Waals surface area contributed by atoms with Crippen molar-refractivity contribution in [3.63, 3.8) is 0 Å². The van der Waals surface area contributed by atoms with Gasteiger partial charge in [-0.15, -0.1) is 0 Å². The third-order valence-electron chi connectivity index (χ3n) is 2.68. The number of rotatable bonds is 8. The Hall–Kier alpha value is -0.610. The lowest BCUT2D eigenvalue weighted by Crippen LogP contribution is -2.36. The smallest absolute Gasteiger partial charge is 0.0466 e. The molecule has 0 fully saturated rings. The van der Waals surface area contributed by atoms with E-state index in [-0.39, 0.29) is 6.04 Å². The summed E-state index contributed by atoms with van der Waals surface area (Å²) in [6.07, 6.45) is 2.95. The highest BCUT2D eigenvalue weighted by Gasteiger charge is 2.07. The normalized spacial score (nSPS) is 12.6. The van der Waals surface area contributed by atoms with Crippen LogP contribution >= 0.6 is 11.6 Å². The number of hydrogen-bond donors (Lipinski definition) is 2. The van der Waals surface area contributed by atoms with Gasteiger partial charge in [-0.3, -0.25) is 11.3 Å². The topological polar surface area (TPSA) is 47.3 Å². The number of halogens is 1. The molecule has 3 N–H and O–H groups in total. The Morgan fingerprint density at radius 1 is 1.35 bits per heavy atom. The first-order valence-electron chi connectivity index (χ1n) is 6.04. The van der Waals surface area contributed by atoms with Gasteiger partial charge in [0.15, 0.2) is 0 Å². The molecule has 0 aliphatic carbocycles. The van der Waals surface area contributed by atoms with Crippen molar-refractivity contribution in [2.45, 2.75) is 32.2 Å². The van der Waals surface area contributed by atoms with E-state index in [0.717, 1.165) is 37.5 Å². The maximum Gasteiger partial charge on any atom is 0.0466 e. The fraction of sp³-hybridized carbons (Fsp3) is 0.538. The zero-order valence-corrected chi connectivity index (χ0v) is 11.0. The number of hydrazine groups is 1. The summed E-state index contributed by atoms with van der Waals surface area (Å²) in [5, 5.41) is 0.766. The average Bonchev–Trinajstić information content (AvgIpc) is 2.35. The van der Waals surface area contributed by atoms with E-state index in [4.69, 9.17) is 22.2 Å². The van der Waals surface area contributed by atoms with E-state index < -0.39 is 0 Å². The zero-order valence-electron chi connectivity index (χ0n) is 10.3. The fourth-order valence-electron chi connectivity index (χ4n) is 1.73. The molecule has 3 nitrogen and oxygen atoms in total. The summed E-state index contributed by atoms with van der Waals surface area (Å²) in [7, 11) is 0. The summed E-state index contributed by atoms with van der Waals surface area (Å²) in [5.74, 6) is 5.55. The summed E-state index contributed by atoms with van der Waals surface area (Å²) in [5.41, 5.74) is 4.10. The molecule has 0 spiro atoms. The molecule has 0 bridgehead atoms. The van der Waals surface area contributed by atoms with Gasteiger partial charge in [0.05, 0.1) is 0 Å². The highest BCUT2D eigenvalue weighted by atomic mass is 35.5. The molecule has 1 atom stereocenters. The maximum atomic E-state index is 5.84. The standard InChI is InChI=1S/C13H21ClN2O/c1-2-17-9-3-4-13(16-15)10-11-5-7-12(14)8-6-11/h5-8,13,16H,2-4,9-10,15H2,1H3. The summed E-state index contributed by atoms with van der Waals surface area (Å²) in [6.45, 7) is 3.58. The second-order valence-corrected chi connectivity index (χ2v) is 4.47. The van der Waals surface area contributed by atoms with Gasteiger partial charge in [0.2, 0.25) is 0 Å². The molecule has 17 heavy (non-hydrogen) atoms. The zero-order chi connectivity index (χ0) is 12.5. The van der Waals surface area contributed by atoms with Crippen molar-refractivity contribution < 1.29 is 4.74 Å². The summed E-state index contributed by atoms with van der Waals surface area (Å²) < 4.78 is 5.31. The predicted molar refractivity (Wildman–Crippen MR) is 72.0 cm³/mol. The lowest BCUT2D eigenvalue weighted by atomic mass is 10.0. The molecule has 0 saturated heterocycles. The van der Waals surface area contributed by atoms with Crippen molar-refractivity contribution in [2.24, 2.45) is 5.84 Å². The second kappa shape index (κ2) is 8.48. The molecule has 1 rings (SSSR count). The Morgan fingerprint density at radius 2 is 2.06 bits per heavy atom. The van der Waals surface area contributed by atoms with Gasteiger partial charge in [0.1, 0.15) is 0 Å². The van der Waals surface area contributed by atoms with E-state index in [1.165, 1.54) is 5.56 Å². The highest BCUT2D eigenvalue weighted by molar-refractivity contribution is 6.30. The molecule has 0 aliphatic rings. The Kier molecular flexibility index (Phi) is 7.21. The third-order valence-corrected chi connectivity index (χ3v) is 2.93. The molecule has 0 radical (unpaired) electrons. The molecule has 1 aromatic rings. The van der Waals surface area contributed by atoms with E-state index in [0.29, 0.717) is 0 Å². The minimum absolute atomic E-state index is 0.289. The minimum atomic E-state index is 0.289. The van der Waals surface area contributed by atoms with Gasteiger partial charge in [0.25, 0.3) is 0 Å². The van der Waals surface area contributed by atoms with Gasteiger partial charge in [-0.05, 0) is 43.9 Å². The van der Waals surface area contributed by atoms with Crippen molar-refractivity contribution in [2.75, 3.05) is 13.2 Å². The van der Waals surface area contributed by atoms with Crippen LogP contribution in [-0.4, -0.2) is 19.3 Å². The molecule has 0 saturated carbocycles. The molecule has 0 aliphatic heterocycles. The maximum absolute atomic E-state index is 5.84. The van der Waals surface area contributed by atoms with Gasteiger partial charge in [-0.1, -0.05) is 23.7 Å². The second-order valence-electron chi connectivity index (χ2n) is 4.03. The van der Waals surface area contributed by atoms with Crippen LogP contribution in [0.25, 0.3) is 0 Å². The van der Waals surface area contributed by atoms with Crippen LogP contribution in [0.2, 0.25) is 5.02 Å². The Balaban J connectivity index is 2.33. The largest absolute Gasteiger partial charge is 0.382 e. The van der Waals surface area contributed by atoms with Crippen LogP contribution in [0, 0.1) is 0 Å². The van der Waals surface area contributed by atoms with Crippen LogP contribution in [0.3, 0.4) is 0 Å². The summed E-state index contributed by atoms with van der Waals surface area (Å²) in [4.78, 5) is 0. The first kappa shape index (κ1) is 14.5. The van der Waals surface area contributed by atoms with Crippen molar-refractivity contribution in [1.82, 2.24) is 5.43 Å². The molecular formula is C13H21ClN2O. The summed E-state index contributed by atoms with van der Waals surface area (Å²) in [6, 6.07) is 8.18. The number of ether oxygens (including phenoxy) is 1. The molecule has 0 aromatic heterocycles. The van der Waals surface area contributed by atoms with Crippen molar-refractivity contribution in [1.29, 1.82) is 0 Å². The van der Waals surface area contributed by atoms with Gasteiger partial charge in [0, 0.05) is 24.3 Å². The molecule has 96 valence electrons. The predicted octanol–water partition coefficient (Wildman–Crippen LogP) is 2.53. The van der Waals surface area contributed by atoms with Crippen molar-refractivity contribution >= 4 is 11.6 Å². The molecule has 0 heterocycles. The first-order valence-corrected chi connectivity index (χ1v) is 6.42. The van der Waals surface area contributed by atoms with Gasteiger partial charge in [-0.2, -0.15) is 0 Å². The third kappa shape index (κ3) is 6.03. The Bertz CT molecular complexity index is 303. The highest BCUT2D eigenvalue weighted by Crippen LogP contribution is 2.12. The number of benzene rings is 1. The number of hydrogen-bond acceptors (Lipinski definition) is 3. The van der Waals surface area contributed by atoms with E-state index in [1.807, 2.05) is 31.2 Å². The monoisotopic (exact) mass is 256 g/mol. The first-order chi connectivity index (χ1) is 8.26. The number of nitrogens with one attached hydrogen (secondary N) is 1. The van der Waals surface area contributed by atoms with E-state index in [9.17, 15) is 0 Å². The van der Waals surface area contributed by atoms with Crippen LogP contribution in [0.1, 0.15) is 25.3 Å². The van der Waals surface area contributed by atoms with Crippen LogP contribution < -0.4 is 11.3 Å². The van der Waals surface area contributed by atoms with Crippen LogP contribution in [-0.2, 0) is 11.2 Å². The van der Waals surface area contributed by atoms with Crippen molar-refractivity contribution in [3.8, 4) is 0 Å². The van der Waals surface area contributed by atoms with E-state index in [2.05, 4.69) is 5.43 Å². The quantitative estimate of drug-likeness (QED) is 0.427. The average molecular weight is 257 g/mol. The fourth-order valence-corrected chi connectivity index (χ4v) is 1.85.